The van der Waals surface area contributed by atoms with E-state index in [1.807, 2.05) is 20.9 Å². The molecule has 3 nitrogen and oxygen atoms in total. The largest absolute Gasteiger partial charge is 0.351 e. The molecule has 0 fully saturated rings. The summed E-state index contributed by atoms with van der Waals surface area (Å²) in [6.07, 6.45) is 0. The van der Waals surface area contributed by atoms with Crippen LogP contribution in [-0.4, -0.2) is 37.5 Å². The van der Waals surface area contributed by atoms with Crippen molar-refractivity contribution in [1.82, 2.24) is 10.2 Å². The maximum absolute atomic E-state index is 13.4. The third-order valence-corrected chi connectivity index (χ3v) is 2.69. The second-order valence-electron chi connectivity index (χ2n) is 4.14. The number of hydrogen-bond donors (Lipinski definition) is 1. The van der Waals surface area contributed by atoms with Crippen LogP contribution in [0.5, 0.6) is 0 Å². The normalized spacial score (nSPS) is 10.6. The smallest absolute Gasteiger partial charge is 0.254 e. The Labute approximate surface area is 102 Å². The molecule has 1 rings (SSSR count). The van der Waals surface area contributed by atoms with Crippen LogP contribution >= 0.6 is 0 Å². The van der Waals surface area contributed by atoms with Crippen LogP contribution in [0.3, 0.4) is 0 Å². The molecular formula is C13H19FN2O. The molecule has 1 aromatic carbocycles. The van der Waals surface area contributed by atoms with Crippen LogP contribution in [0.15, 0.2) is 18.2 Å². The Morgan fingerprint density at radius 2 is 2.18 bits per heavy atom. The second-order valence-corrected chi connectivity index (χ2v) is 4.14. The highest BCUT2D eigenvalue weighted by Crippen LogP contribution is 2.09. The van der Waals surface area contributed by atoms with Crippen molar-refractivity contribution in [3.05, 3.63) is 35.1 Å². The van der Waals surface area contributed by atoms with Crippen molar-refractivity contribution < 1.29 is 9.18 Å². The molecule has 1 amide bonds. The predicted octanol–water partition coefficient (Wildman–Crippen LogP) is 1.82. The van der Waals surface area contributed by atoms with Gasteiger partial charge in [-0.15, -0.1) is 0 Å². The minimum absolute atomic E-state index is 0.115. The number of carbonyl (C=O) groups excluding carboxylic acids is 1. The van der Waals surface area contributed by atoms with Crippen molar-refractivity contribution in [3.63, 3.8) is 0 Å². The summed E-state index contributed by atoms with van der Waals surface area (Å²) in [5.74, 6) is -0.826. The third-order valence-electron chi connectivity index (χ3n) is 2.69. The first kappa shape index (κ1) is 13.6. The van der Waals surface area contributed by atoms with Gasteiger partial charge in [-0.25, -0.2) is 4.39 Å². The number of rotatable bonds is 5. The van der Waals surface area contributed by atoms with E-state index in [2.05, 4.69) is 10.2 Å². The standard InChI is InChI=1S/C13H19FN2O/c1-4-16(3)8-7-15-13(17)11-9-10(2)5-6-12(11)14/h5-6,9H,4,7-8H2,1-3H3,(H,15,17). The van der Waals surface area contributed by atoms with E-state index in [1.165, 1.54) is 6.07 Å². The molecule has 4 heteroatoms. The van der Waals surface area contributed by atoms with Gasteiger partial charge in [-0.3, -0.25) is 4.79 Å². The first-order valence-electron chi connectivity index (χ1n) is 5.77. The molecule has 0 bridgehead atoms. The first-order chi connectivity index (χ1) is 8.04. The van der Waals surface area contributed by atoms with E-state index in [9.17, 15) is 9.18 Å². The summed E-state index contributed by atoms with van der Waals surface area (Å²) in [6, 6.07) is 4.54. The summed E-state index contributed by atoms with van der Waals surface area (Å²) >= 11 is 0. The van der Waals surface area contributed by atoms with E-state index < -0.39 is 5.82 Å². The molecule has 0 unspecified atom stereocenters. The van der Waals surface area contributed by atoms with E-state index in [0.717, 1.165) is 18.7 Å². The predicted molar refractivity (Wildman–Crippen MR) is 66.6 cm³/mol. The summed E-state index contributed by atoms with van der Waals surface area (Å²) in [6.45, 7) is 6.09. The van der Waals surface area contributed by atoms with Crippen LogP contribution in [0, 0.1) is 12.7 Å². The van der Waals surface area contributed by atoms with Gasteiger partial charge in [-0.05, 0) is 32.6 Å². The summed E-state index contributed by atoms with van der Waals surface area (Å²) in [4.78, 5) is 13.8. The van der Waals surface area contributed by atoms with Crippen LogP contribution < -0.4 is 5.32 Å². The Hall–Kier alpha value is -1.42. The lowest BCUT2D eigenvalue weighted by atomic mass is 10.1. The number of aryl methyl sites for hydroxylation is 1. The SMILES string of the molecule is CCN(C)CCNC(=O)c1cc(C)ccc1F. The van der Waals surface area contributed by atoms with Gasteiger partial charge in [0, 0.05) is 13.1 Å². The quantitative estimate of drug-likeness (QED) is 0.848. The zero-order chi connectivity index (χ0) is 12.8. The molecule has 0 atom stereocenters. The highest BCUT2D eigenvalue weighted by molar-refractivity contribution is 5.94. The van der Waals surface area contributed by atoms with Crippen molar-refractivity contribution in [2.75, 3.05) is 26.7 Å². The van der Waals surface area contributed by atoms with Gasteiger partial charge >= 0.3 is 0 Å². The molecule has 17 heavy (non-hydrogen) atoms. The molecule has 0 heterocycles. The number of hydrogen-bond acceptors (Lipinski definition) is 2. The number of halogens is 1. The molecule has 0 aliphatic heterocycles. The molecule has 1 aromatic rings. The molecule has 0 saturated carbocycles. The lowest BCUT2D eigenvalue weighted by molar-refractivity contribution is 0.0946. The zero-order valence-electron chi connectivity index (χ0n) is 10.6. The average molecular weight is 238 g/mol. The summed E-state index contributed by atoms with van der Waals surface area (Å²) in [7, 11) is 1.97. The van der Waals surface area contributed by atoms with E-state index in [4.69, 9.17) is 0 Å². The van der Waals surface area contributed by atoms with Gasteiger partial charge in [0.25, 0.3) is 5.91 Å². The Kier molecular flexibility index (Phi) is 5.10. The fourth-order valence-electron chi connectivity index (χ4n) is 1.43. The van der Waals surface area contributed by atoms with Crippen LogP contribution in [0.2, 0.25) is 0 Å². The number of nitrogens with zero attached hydrogens (tertiary/aromatic N) is 1. The number of nitrogens with one attached hydrogen (secondary N) is 1. The molecule has 0 saturated heterocycles. The van der Waals surface area contributed by atoms with Crippen LogP contribution in [0.4, 0.5) is 4.39 Å². The van der Waals surface area contributed by atoms with E-state index in [1.54, 1.807) is 12.1 Å². The van der Waals surface area contributed by atoms with Crippen molar-refractivity contribution in [2.45, 2.75) is 13.8 Å². The van der Waals surface area contributed by atoms with Crippen LogP contribution in [0.25, 0.3) is 0 Å². The Morgan fingerprint density at radius 1 is 1.47 bits per heavy atom. The van der Waals surface area contributed by atoms with Gasteiger partial charge in [-0.1, -0.05) is 18.6 Å². The van der Waals surface area contributed by atoms with E-state index in [-0.39, 0.29) is 11.5 Å². The van der Waals surface area contributed by atoms with Gasteiger partial charge < -0.3 is 10.2 Å². The molecule has 94 valence electrons. The summed E-state index contributed by atoms with van der Waals surface area (Å²) < 4.78 is 13.4. The lowest BCUT2D eigenvalue weighted by Crippen LogP contribution is -2.33. The minimum Gasteiger partial charge on any atom is -0.351 e. The van der Waals surface area contributed by atoms with Crippen molar-refractivity contribution in [3.8, 4) is 0 Å². The topological polar surface area (TPSA) is 32.3 Å². The monoisotopic (exact) mass is 238 g/mol. The highest BCUT2D eigenvalue weighted by Gasteiger charge is 2.11. The van der Waals surface area contributed by atoms with Crippen LogP contribution in [0.1, 0.15) is 22.8 Å². The minimum atomic E-state index is -0.475. The number of likely N-dealkylation sites (N-methyl/N-ethyl adjacent to an activating group) is 1. The Bertz CT molecular complexity index is 393. The van der Waals surface area contributed by atoms with Crippen molar-refractivity contribution >= 4 is 5.91 Å². The van der Waals surface area contributed by atoms with E-state index in [0.29, 0.717) is 6.54 Å². The maximum Gasteiger partial charge on any atom is 0.254 e. The van der Waals surface area contributed by atoms with Gasteiger partial charge in [0.15, 0.2) is 0 Å². The van der Waals surface area contributed by atoms with Gasteiger partial charge in [0.1, 0.15) is 5.82 Å². The summed E-state index contributed by atoms with van der Waals surface area (Å²) in [5.41, 5.74) is 0.992. The highest BCUT2D eigenvalue weighted by atomic mass is 19.1. The fraction of sp³-hybridized carbons (Fsp3) is 0.462. The van der Waals surface area contributed by atoms with Crippen LogP contribution in [-0.2, 0) is 0 Å². The van der Waals surface area contributed by atoms with Gasteiger partial charge in [0.2, 0.25) is 0 Å². The lowest BCUT2D eigenvalue weighted by Gasteiger charge is -2.14. The molecule has 1 N–H and O–H groups in total. The van der Waals surface area contributed by atoms with Gasteiger partial charge in [0.05, 0.1) is 5.56 Å². The molecule has 0 aliphatic rings. The fourth-order valence-corrected chi connectivity index (χ4v) is 1.43. The van der Waals surface area contributed by atoms with E-state index >= 15 is 0 Å². The molecular weight excluding hydrogens is 219 g/mol. The first-order valence-corrected chi connectivity index (χ1v) is 5.77. The molecule has 0 aromatic heterocycles. The van der Waals surface area contributed by atoms with Gasteiger partial charge in [-0.2, -0.15) is 0 Å². The zero-order valence-corrected chi connectivity index (χ0v) is 10.6. The Balaban J connectivity index is 2.55. The average Bonchev–Trinajstić information content (AvgIpc) is 2.31. The Morgan fingerprint density at radius 3 is 2.82 bits per heavy atom. The number of benzene rings is 1. The van der Waals surface area contributed by atoms with Crippen molar-refractivity contribution in [1.29, 1.82) is 0 Å². The maximum atomic E-state index is 13.4. The molecule has 0 aliphatic carbocycles. The van der Waals surface area contributed by atoms with Crippen molar-refractivity contribution in [2.24, 2.45) is 0 Å². The number of amides is 1. The number of carbonyl (C=O) groups is 1. The third kappa shape index (κ3) is 4.15. The molecule has 0 spiro atoms. The molecule has 0 radical (unpaired) electrons. The summed E-state index contributed by atoms with van der Waals surface area (Å²) in [5, 5.41) is 2.71. The second kappa shape index (κ2) is 6.35.